The molecule has 1 aromatic carbocycles. The number of para-hydroxylation sites is 1. The number of Topliss-reactive ketones (excluding diaryl/α,β-unsaturated/α-hetero) is 1. The monoisotopic (exact) mass is 268 g/mol. The number of ketones is 1. The first-order valence-corrected chi connectivity index (χ1v) is 7.39. The van der Waals surface area contributed by atoms with E-state index in [2.05, 4.69) is 12.0 Å². The Kier molecular flexibility index (Phi) is 3.68. The normalized spacial score (nSPS) is 22.6. The van der Waals surface area contributed by atoms with Crippen LogP contribution in [0.3, 0.4) is 0 Å². The van der Waals surface area contributed by atoms with Crippen LogP contribution >= 0.6 is 0 Å². The van der Waals surface area contributed by atoms with Crippen molar-refractivity contribution in [3.63, 3.8) is 0 Å². The van der Waals surface area contributed by atoms with Crippen molar-refractivity contribution in [3.8, 4) is 5.69 Å². The fraction of sp³-hybridized carbons (Fsp3) is 0.412. The molecule has 3 nitrogen and oxygen atoms in total. The Bertz CT molecular complexity index is 580. The molecule has 2 aromatic rings. The minimum Gasteiger partial charge on any atom is -0.292 e. The second-order valence-corrected chi connectivity index (χ2v) is 5.80. The summed E-state index contributed by atoms with van der Waals surface area (Å²) in [6.45, 7) is 2.27. The first-order chi connectivity index (χ1) is 9.74. The van der Waals surface area contributed by atoms with Crippen LogP contribution in [0.15, 0.2) is 42.6 Å². The van der Waals surface area contributed by atoms with Gasteiger partial charge in [0.1, 0.15) is 5.69 Å². The van der Waals surface area contributed by atoms with E-state index in [1.807, 2.05) is 42.6 Å². The van der Waals surface area contributed by atoms with Gasteiger partial charge in [-0.25, -0.2) is 4.68 Å². The van der Waals surface area contributed by atoms with Gasteiger partial charge in [0.25, 0.3) is 0 Å². The van der Waals surface area contributed by atoms with E-state index in [1.165, 1.54) is 0 Å². The molecule has 3 rings (SSSR count). The molecule has 1 fully saturated rings. The lowest BCUT2D eigenvalue weighted by Gasteiger charge is -2.24. The topological polar surface area (TPSA) is 34.9 Å². The molecule has 0 unspecified atom stereocenters. The Balaban J connectivity index is 1.75. The zero-order valence-electron chi connectivity index (χ0n) is 11.8. The number of carbonyl (C=O) groups excluding carboxylic acids is 1. The zero-order chi connectivity index (χ0) is 13.9. The third-order valence-corrected chi connectivity index (χ3v) is 4.25. The van der Waals surface area contributed by atoms with Crippen LogP contribution in [-0.2, 0) is 0 Å². The van der Waals surface area contributed by atoms with Gasteiger partial charge in [0.05, 0.1) is 5.69 Å². The summed E-state index contributed by atoms with van der Waals surface area (Å²) in [5, 5.41) is 4.44. The molecule has 104 valence electrons. The van der Waals surface area contributed by atoms with Crippen LogP contribution in [0.2, 0.25) is 0 Å². The summed E-state index contributed by atoms with van der Waals surface area (Å²) in [6.07, 6.45) is 6.22. The minimum atomic E-state index is 0.172. The Morgan fingerprint density at radius 1 is 1.10 bits per heavy atom. The number of hydrogen-bond donors (Lipinski definition) is 0. The van der Waals surface area contributed by atoms with Gasteiger partial charge in [-0.1, -0.05) is 38.0 Å². The number of benzene rings is 1. The van der Waals surface area contributed by atoms with E-state index < -0.39 is 0 Å². The first kappa shape index (κ1) is 13.1. The third-order valence-electron chi connectivity index (χ3n) is 4.25. The molecular formula is C17H20N2O. The van der Waals surface area contributed by atoms with Crippen LogP contribution in [0.5, 0.6) is 0 Å². The lowest BCUT2D eigenvalue weighted by Crippen LogP contribution is -2.21. The van der Waals surface area contributed by atoms with Crippen LogP contribution in [0, 0.1) is 11.8 Å². The van der Waals surface area contributed by atoms with Gasteiger partial charge in [0, 0.05) is 12.1 Å². The molecule has 3 heteroatoms. The van der Waals surface area contributed by atoms with Gasteiger partial charge in [0.15, 0.2) is 5.78 Å². The minimum absolute atomic E-state index is 0.172. The molecule has 0 radical (unpaired) electrons. The van der Waals surface area contributed by atoms with Crippen molar-refractivity contribution in [2.24, 2.45) is 11.8 Å². The van der Waals surface area contributed by atoms with E-state index in [0.29, 0.717) is 5.69 Å². The smallest absolute Gasteiger partial charge is 0.186 e. The average Bonchev–Trinajstić information content (AvgIpc) is 2.98. The van der Waals surface area contributed by atoms with Gasteiger partial charge in [-0.15, -0.1) is 0 Å². The average molecular weight is 268 g/mol. The van der Waals surface area contributed by atoms with Crippen LogP contribution in [0.25, 0.3) is 5.69 Å². The predicted octanol–water partition coefficient (Wildman–Crippen LogP) is 3.88. The summed E-state index contributed by atoms with van der Waals surface area (Å²) in [7, 11) is 0. The van der Waals surface area contributed by atoms with Gasteiger partial charge in [0.2, 0.25) is 0 Å². The van der Waals surface area contributed by atoms with Gasteiger partial charge < -0.3 is 0 Å². The molecule has 1 saturated carbocycles. The first-order valence-electron chi connectivity index (χ1n) is 7.39. The molecule has 1 aliphatic rings. The Morgan fingerprint density at radius 3 is 2.50 bits per heavy atom. The summed E-state index contributed by atoms with van der Waals surface area (Å²) >= 11 is 0. The van der Waals surface area contributed by atoms with Gasteiger partial charge >= 0.3 is 0 Å². The lowest BCUT2D eigenvalue weighted by atomic mass is 9.80. The van der Waals surface area contributed by atoms with E-state index in [1.54, 1.807) is 4.68 Å². The second-order valence-electron chi connectivity index (χ2n) is 5.80. The molecule has 0 aliphatic heterocycles. The van der Waals surface area contributed by atoms with E-state index in [-0.39, 0.29) is 11.7 Å². The van der Waals surface area contributed by atoms with Crippen molar-refractivity contribution in [2.45, 2.75) is 32.6 Å². The number of nitrogens with zero attached hydrogens (tertiary/aromatic N) is 2. The van der Waals surface area contributed by atoms with Crippen LogP contribution in [0.4, 0.5) is 0 Å². The van der Waals surface area contributed by atoms with E-state index in [0.717, 1.165) is 37.3 Å². The van der Waals surface area contributed by atoms with E-state index in [4.69, 9.17) is 0 Å². The maximum Gasteiger partial charge on any atom is 0.186 e. The molecule has 20 heavy (non-hydrogen) atoms. The van der Waals surface area contributed by atoms with Gasteiger partial charge in [-0.2, -0.15) is 5.10 Å². The van der Waals surface area contributed by atoms with Crippen LogP contribution in [-0.4, -0.2) is 15.6 Å². The lowest BCUT2D eigenvalue weighted by molar-refractivity contribution is 0.0870. The van der Waals surface area contributed by atoms with Crippen molar-refractivity contribution < 1.29 is 4.79 Å². The zero-order valence-corrected chi connectivity index (χ0v) is 11.8. The van der Waals surface area contributed by atoms with Crippen molar-refractivity contribution in [2.75, 3.05) is 0 Å². The Labute approximate surface area is 119 Å². The van der Waals surface area contributed by atoms with E-state index >= 15 is 0 Å². The summed E-state index contributed by atoms with van der Waals surface area (Å²) in [4.78, 5) is 12.5. The largest absolute Gasteiger partial charge is 0.292 e. The standard InChI is InChI=1S/C17H20N2O/c1-13-7-9-14(10-8-13)17(20)16-11-12-19(18-16)15-5-3-2-4-6-15/h2-6,11-14H,7-10H2,1H3. The molecule has 0 saturated heterocycles. The second kappa shape index (κ2) is 5.61. The number of carbonyl (C=O) groups is 1. The third kappa shape index (κ3) is 2.67. The highest BCUT2D eigenvalue weighted by molar-refractivity contribution is 5.96. The molecule has 1 heterocycles. The van der Waals surface area contributed by atoms with Crippen molar-refractivity contribution >= 4 is 5.78 Å². The van der Waals surface area contributed by atoms with Crippen molar-refractivity contribution in [3.05, 3.63) is 48.3 Å². The van der Waals surface area contributed by atoms with E-state index in [9.17, 15) is 4.79 Å². The highest BCUT2D eigenvalue weighted by atomic mass is 16.1. The fourth-order valence-electron chi connectivity index (χ4n) is 2.91. The summed E-state index contributed by atoms with van der Waals surface area (Å²) in [6, 6.07) is 11.7. The molecule has 0 spiro atoms. The van der Waals surface area contributed by atoms with Crippen molar-refractivity contribution in [1.29, 1.82) is 0 Å². The maximum atomic E-state index is 12.5. The van der Waals surface area contributed by atoms with Crippen LogP contribution in [0.1, 0.15) is 43.1 Å². The maximum absolute atomic E-state index is 12.5. The number of aromatic nitrogens is 2. The predicted molar refractivity (Wildman–Crippen MR) is 79.0 cm³/mol. The Hall–Kier alpha value is -1.90. The molecule has 0 atom stereocenters. The molecular weight excluding hydrogens is 248 g/mol. The molecule has 1 aliphatic carbocycles. The molecule has 0 amide bonds. The summed E-state index contributed by atoms with van der Waals surface area (Å²) in [5.41, 5.74) is 1.59. The number of rotatable bonds is 3. The highest BCUT2D eigenvalue weighted by Gasteiger charge is 2.26. The van der Waals surface area contributed by atoms with Gasteiger partial charge in [-0.3, -0.25) is 4.79 Å². The molecule has 0 bridgehead atoms. The number of hydrogen-bond acceptors (Lipinski definition) is 2. The van der Waals surface area contributed by atoms with Crippen LogP contribution < -0.4 is 0 Å². The quantitative estimate of drug-likeness (QED) is 0.792. The SMILES string of the molecule is CC1CCC(C(=O)c2ccn(-c3ccccc3)n2)CC1. The summed E-state index contributed by atoms with van der Waals surface area (Å²) < 4.78 is 1.78. The highest BCUT2D eigenvalue weighted by Crippen LogP contribution is 2.30. The fourth-order valence-corrected chi connectivity index (χ4v) is 2.91. The Morgan fingerprint density at radius 2 is 1.80 bits per heavy atom. The molecule has 0 N–H and O–H groups in total. The summed E-state index contributed by atoms with van der Waals surface area (Å²) in [5.74, 6) is 1.15. The molecule has 1 aromatic heterocycles. The van der Waals surface area contributed by atoms with Crippen molar-refractivity contribution in [1.82, 2.24) is 9.78 Å². The van der Waals surface area contributed by atoms with Gasteiger partial charge in [-0.05, 0) is 37.0 Å².